The highest BCUT2D eigenvalue weighted by atomic mass is 19.1. The molecule has 1 saturated heterocycles. The van der Waals surface area contributed by atoms with Crippen LogP contribution in [0, 0.1) is 11.2 Å². The number of benzene rings is 1. The Balaban J connectivity index is 2.07. The first kappa shape index (κ1) is 15.0. The fourth-order valence-electron chi connectivity index (χ4n) is 3.11. The zero-order chi connectivity index (χ0) is 14.6. The first-order valence-corrected chi connectivity index (χ1v) is 7.28. The molecule has 1 aliphatic rings. The molecule has 0 aliphatic carbocycles. The molecule has 0 spiro atoms. The van der Waals surface area contributed by atoms with Crippen LogP contribution in [0.3, 0.4) is 0 Å². The van der Waals surface area contributed by atoms with Gasteiger partial charge in [0, 0.05) is 20.1 Å². The van der Waals surface area contributed by atoms with Gasteiger partial charge in [0.25, 0.3) is 0 Å². The summed E-state index contributed by atoms with van der Waals surface area (Å²) in [5, 5.41) is 3.30. The van der Waals surface area contributed by atoms with Crippen LogP contribution in [0.25, 0.3) is 0 Å². The fourth-order valence-corrected chi connectivity index (χ4v) is 3.11. The van der Waals surface area contributed by atoms with Crippen molar-refractivity contribution in [2.24, 2.45) is 5.41 Å². The molecule has 1 N–H and O–H groups in total. The summed E-state index contributed by atoms with van der Waals surface area (Å²) >= 11 is 0. The van der Waals surface area contributed by atoms with Crippen molar-refractivity contribution in [2.45, 2.75) is 32.7 Å². The lowest BCUT2D eigenvalue weighted by atomic mass is 9.81. The van der Waals surface area contributed by atoms with Gasteiger partial charge < -0.3 is 10.2 Å². The van der Waals surface area contributed by atoms with Crippen molar-refractivity contribution in [1.82, 2.24) is 10.2 Å². The van der Waals surface area contributed by atoms with E-state index in [1.165, 1.54) is 12.1 Å². The monoisotopic (exact) mass is 278 g/mol. The lowest BCUT2D eigenvalue weighted by molar-refractivity contribution is -0.140. The summed E-state index contributed by atoms with van der Waals surface area (Å²) < 4.78 is 13.2. The molecule has 0 radical (unpaired) electrons. The summed E-state index contributed by atoms with van der Waals surface area (Å²) in [7, 11) is 1.81. The number of amides is 1. The van der Waals surface area contributed by atoms with Crippen LogP contribution in [0.5, 0.6) is 0 Å². The summed E-state index contributed by atoms with van der Waals surface area (Å²) in [4.78, 5) is 14.5. The van der Waals surface area contributed by atoms with Crippen molar-refractivity contribution in [2.75, 3.05) is 20.1 Å². The van der Waals surface area contributed by atoms with Gasteiger partial charge in [-0.25, -0.2) is 4.39 Å². The number of halogens is 1. The molecule has 2 rings (SSSR count). The normalized spacial score (nSPS) is 21.9. The van der Waals surface area contributed by atoms with Crippen molar-refractivity contribution >= 4 is 5.91 Å². The van der Waals surface area contributed by atoms with Gasteiger partial charge in [-0.1, -0.05) is 25.5 Å². The minimum Gasteiger partial charge on any atom is -0.341 e. The molecule has 1 fully saturated rings. The molecule has 1 heterocycles. The third kappa shape index (κ3) is 3.18. The molecule has 1 amide bonds. The molecule has 0 aromatic heterocycles. The lowest BCUT2D eigenvalue weighted by Gasteiger charge is -2.31. The van der Waals surface area contributed by atoms with Gasteiger partial charge in [-0.2, -0.15) is 0 Å². The van der Waals surface area contributed by atoms with E-state index in [-0.39, 0.29) is 17.1 Å². The Morgan fingerprint density at radius 2 is 2.30 bits per heavy atom. The average Bonchev–Trinajstić information content (AvgIpc) is 2.88. The number of carbonyl (C=O) groups is 1. The third-order valence-electron chi connectivity index (χ3n) is 4.08. The van der Waals surface area contributed by atoms with E-state index in [1.54, 1.807) is 11.0 Å². The van der Waals surface area contributed by atoms with Crippen molar-refractivity contribution < 1.29 is 9.18 Å². The maximum absolute atomic E-state index is 13.2. The van der Waals surface area contributed by atoms with Gasteiger partial charge in [0.2, 0.25) is 5.91 Å². The molecular weight excluding hydrogens is 255 g/mol. The Bertz CT molecular complexity index is 469. The highest BCUT2D eigenvalue weighted by Crippen LogP contribution is 2.33. The van der Waals surface area contributed by atoms with Crippen LogP contribution in [0.1, 0.15) is 31.7 Å². The molecule has 4 heteroatoms. The van der Waals surface area contributed by atoms with E-state index in [0.29, 0.717) is 6.54 Å². The van der Waals surface area contributed by atoms with Gasteiger partial charge in [-0.05, 0) is 37.1 Å². The molecule has 0 saturated carbocycles. The second-order valence-electron chi connectivity index (χ2n) is 5.75. The zero-order valence-corrected chi connectivity index (χ0v) is 12.3. The van der Waals surface area contributed by atoms with Crippen molar-refractivity contribution in [1.29, 1.82) is 0 Å². The minimum atomic E-state index is -0.267. The Labute approximate surface area is 120 Å². The number of rotatable bonds is 5. The van der Waals surface area contributed by atoms with Crippen molar-refractivity contribution in [3.05, 3.63) is 35.6 Å². The molecule has 1 aromatic carbocycles. The van der Waals surface area contributed by atoms with Crippen LogP contribution < -0.4 is 5.32 Å². The molecule has 110 valence electrons. The van der Waals surface area contributed by atoms with Crippen molar-refractivity contribution in [3.8, 4) is 0 Å². The maximum atomic E-state index is 13.2. The molecule has 1 aliphatic heterocycles. The first-order valence-electron chi connectivity index (χ1n) is 7.28. The Morgan fingerprint density at radius 1 is 1.50 bits per heavy atom. The van der Waals surface area contributed by atoms with Crippen LogP contribution in [-0.4, -0.2) is 30.9 Å². The quantitative estimate of drug-likeness (QED) is 0.898. The molecule has 0 bridgehead atoms. The summed E-state index contributed by atoms with van der Waals surface area (Å²) in [6.07, 6.45) is 2.81. The lowest BCUT2D eigenvalue weighted by Crippen LogP contribution is -2.43. The molecule has 1 atom stereocenters. The second kappa shape index (κ2) is 6.35. The topological polar surface area (TPSA) is 32.3 Å². The van der Waals surface area contributed by atoms with E-state index in [2.05, 4.69) is 12.2 Å². The van der Waals surface area contributed by atoms with Crippen LogP contribution in [-0.2, 0) is 11.3 Å². The van der Waals surface area contributed by atoms with Gasteiger partial charge in [0.05, 0.1) is 5.41 Å². The average molecular weight is 278 g/mol. The van der Waals surface area contributed by atoms with Crippen LogP contribution in [0.4, 0.5) is 4.39 Å². The van der Waals surface area contributed by atoms with Gasteiger partial charge in [-0.15, -0.1) is 0 Å². The van der Waals surface area contributed by atoms with Gasteiger partial charge in [0.1, 0.15) is 5.82 Å². The fraction of sp³-hybridized carbons (Fsp3) is 0.562. The summed E-state index contributed by atoms with van der Waals surface area (Å²) in [5.74, 6) is -0.0808. The summed E-state index contributed by atoms with van der Waals surface area (Å²) in [5.41, 5.74) is 0.565. The van der Waals surface area contributed by atoms with E-state index in [4.69, 9.17) is 0 Å². The van der Waals surface area contributed by atoms with Crippen LogP contribution in [0.2, 0.25) is 0 Å². The minimum absolute atomic E-state index is 0.175. The van der Waals surface area contributed by atoms with Crippen LogP contribution >= 0.6 is 0 Å². The van der Waals surface area contributed by atoms with Gasteiger partial charge in [-0.3, -0.25) is 4.79 Å². The number of nitrogens with zero attached hydrogens (tertiary/aromatic N) is 1. The molecule has 3 nitrogen and oxygen atoms in total. The van der Waals surface area contributed by atoms with E-state index in [9.17, 15) is 9.18 Å². The molecule has 20 heavy (non-hydrogen) atoms. The predicted molar refractivity (Wildman–Crippen MR) is 77.7 cm³/mol. The van der Waals surface area contributed by atoms with Crippen LogP contribution in [0.15, 0.2) is 24.3 Å². The smallest absolute Gasteiger partial charge is 0.230 e. The molecule has 1 aromatic rings. The van der Waals surface area contributed by atoms with Gasteiger partial charge >= 0.3 is 0 Å². The molecular formula is C16H23FN2O. The largest absolute Gasteiger partial charge is 0.341 e. The summed E-state index contributed by atoms with van der Waals surface area (Å²) in [6.45, 7) is 4.23. The predicted octanol–water partition coefficient (Wildman–Crippen LogP) is 2.56. The van der Waals surface area contributed by atoms with Crippen molar-refractivity contribution in [3.63, 3.8) is 0 Å². The number of hydrogen-bond donors (Lipinski definition) is 1. The van der Waals surface area contributed by atoms with E-state index < -0.39 is 0 Å². The Morgan fingerprint density at radius 3 is 2.90 bits per heavy atom. The number of nitrogens with one attached hydrogen (secondary N) is 1. The number of carbonyl (C=O) groups excluding carboxylic acids is 1. The Hall–Kier alpha value is -1.42. The molecule has 1 unspecified atom stereocenters. The van der Waals surface area contributed by atoms with E-state index in [1.807, 2.05) is 13.1 Å². The highest BCUT2D eigenvalue weighted by molar-refractivity contribution is 5.83. The standard InChI is InChI=1S/C16H23FN2O/c1-3-7-16(8-9-18-12-16)15(20)19(2)11-13-5-4-6-14(17)10-13/h4-6,10,18H,3,7-9,11-12H2,1-2H3. The number of hydrogen-bond acceptors (Lipinski definition) is 2. The van der Waals surface area contributed by atoms with E-state index >= 15 is 0 Å². The third-order valence-corrected chi connectivity index (χ3v) is 4.08. The zero-order valence-electron chi connectivity index (χ0n) is 12.3. The Kier molecular flexibility index (Phi) is 4.76. The SMILES string of the molecule is CCCC1(C(=O)N(C)Cc2cccc(F)c2)CCNC1. The van der Waals surface area contributed by atoms with Gasteiger partial charge in [0.15, 0.2) is 0 Å². The first-order chi connectivity index (χ1) is 9.57. The highest BCUT2D eigenvalue weighted by Gasteiger charge is 2.41. The maximum Gasteiger partial charge on any atom is 0.230 e. The second-order valence-corrected chi connectivity index (χ2v) is 5.75. The van der Waals surface area contributed by atoms with E-state index in [0.717, 1.165) is 37.9 Å². The summed E-state index contributed by atoms with van der Waals surface area (Å²) in [6, 6.07) is 6.45.